The molecule has 1 aliphatic heterocycles. The van der Waals surface area contributed by atoms with E-state index in [1.54, 1.807) is 18.3 Å². The number of anilines is 1. The van der Waals surface area contributed by atoms with Crippen LogP contribution in [0.2, 0.25) is 0 Å². The molecule has 0 spiro atoms. The number of hydrogen-bond acceptors (Lipinski definition) is 4. The molecule has 4 N–H and O–H groups in total. The van der Waals surface area contributed by atoms with Gasteiger partial charge in [0.2, 0.25) is 0 Å². The third kappa shape index (κ3) is 3.17. The highest BCUT2D eigenvalue weighted by Crippen LogP contribution is 2.14. The van der Waals surface area contributed by atoms with E-state index in [0.717, 1.165) is 19.6 Å². The second-order valence-electron chi connectivity index (χ2n) is 4.36. The Balaban J connectivity index is 1.96. The zero-order chi connectivity index (χ0) is 12.1. The first-order valence-electron chi connectivity index (χ1n) is 5.97. The summed E-state index contributed by atoms with van der Waals surface area (Å²) in [6.45, 7) is 2.95. The SMILES string of the molecule is NC(=O)c1cccnc1NCC1CCCNC1. The lowest BCUT2D eigenvalue weighted by Crippen LogP contribution is -2.34. The largest absolute Gasteiger partial charge is 0.369 e. The van der Waals surface area contributed by atoms with Crippen molar-refractivity contribution in [3.8, 4) is 0 Å². The first kappa shape index (κ1) is 11.9. The quantitative estimate of drug-likeness (QED) is 0.712. The van der Waals surface area contributed by atoms with Crippen LogP contribution in [-0.2, 0) is 0 Å². The van der Waals surface area contributed by atoms with Gasteiger partial charge in [-0.05, 0) is 44.0 Å². The number of nitrogens with zero attached hydrogens (tertiary/aromatic N) is 1. The molecule has 1 aromatic heterocycles. The average molecular weight is 234 g/mol. The molecular formula is C12H18N4O. The molecule has 1 aliphatic rings. The van der Waals surface area contributed by atoms with E-state index in [-0.39, 0.29) is 0 Å². The molecule has 5 nitrogen and oxygen atoms in total. The first-order chi connectivity index (χ1) is 8.27. The standard InChI is InChI=1S/C12H18N4O/c13-11(17)10-4-2-6-15-12(10)16-8-9-3-1-5-14-7-9/h2,4,6,9,14H,1,3,5,7-8H2,(H2,13,17)(H,15,16). The summed E-state index contributed by atoms with van der Waals surface area (Å²) in [6.07, 6.45) is 4.07. The second-order valence-corrected chi connectivity index (χ2v) is 4.36. The van der Waals surface area contributed by atoms with E-state index >= 15 is 0 Å². The Kier molecular flexibility index (Phi) is 3.93. The number of pyridine rings is 1. The number of hydrogen-bond donors (Lipinski definition) is 3. The molecule has 1 fully saturated rings. The van der Waals surface area contributed by atoms with Crippen molar-refractivity contribution in [1.82, 2.24) is 10.3 Å². The van der Waals surface area contributed by atoms with Gasteiger partial charge >= 0.3 is 0 Å². The maximum absolute atomic E-state index is 11.2. The van der Waals surface area contributed by atoms with Gasteiger partial charge in [-0.2, -0.15) is 0 Å². The summed E-state index contributed by atoms with van der Waals surface area (Å²) in [7, 11) is 0. The number of piperidine rings is 1. The van der Waals surface area contributed by atoms with Crippen LogP contribution >= 0.6 is 0 Å². The smallest absolute Gasteiger partial charge is 0.252 e. The maximum atomic E-state index is 11.2. The summed E-state index contributed by atoms with van der Waals surface area (Å²) >= 11 is 0. The minimum absolute atomic E-state index is 0.442. The highest BCUT2D eigenvalue weighted by molar-refractivity contribution is 5.97. The number of amides is 1. The van der Waals surface area contributed by atoms with E-state index in [1.165, 1.54) is 12.8 Å². The highest BCUT2D eigenvalue weighted by Gasteiger charge is 2.14. The van der Waals surface area contributed by atoms with Gasteiger partial charge < -0.3 is 16.4 Å². The van der Waals surface area contributed by atoms with Crippen molar-refractivity contribution in [2.24, 2.45) is 11.7 Å². The summed E-state index contributed by atoms with van der Waals surface area (Å²) in [4.78, 5) is 15.4. The van der Waals surface area contributed by atoms with Gasteiger partial charge in [0, 0.05) is 12.7 Å². The molecule has 0 saturated carbocycles. The van der Waals surface area contributed by atoms with E-state index in [2.05, 4.69) is 15.6 Å². The zero-order valence-electron chi connectivity index (χ0n) is 9.78. The number of aromatic nitrogens is 1. The average Bonchev–Trinajstić information content (AvgIpc) is 2.38. The minimum atomic E-state index is -0.442. The first-order valence-corrected chi connectivity index (χ1v) is 5.97. The number of carbonyl (C=O) groups excluding carboxylic acids is 1. The van der Waals surface area contributed by atoms with Crippen molar-refractivity contribution in [3.63, 3.8) is 0 Å². The van der Waals surface area contributed by atoms with Crippen molar-refractivity contribution in [3.05, 3.63) is 23.9 Å². The van der Waals surface area contributed by atoms with Gasteiger partial charge in [-0.3, -0.25) is 4.79 Å². The van der Waals surface area contributed by atoms with E-state index in [0.29, 0.717) is 17.3 Å². The van der Waals surface area contributed by atoms with Gasteiger partial charge in [0.25, 0.3) is 5.91 Å². The lowest BCUT2D eigenvalue weighted by molar-refractivity contribution is 0.100. The van der Waals surface area contributed by atoms with Crippen LogP contribution in [-0.4, -0.2) is 30.5 Å². The van der Waals surface area contributed by atoms with Crippen molar-refractivity contribution in [2.45, 2.75) is 12.8 Å². The van der Waals surface area contributed by atoms with E-state index in [4.69, 9.17) is 5.73 Å². The van der Waals surface area contributed by atoms with Gasteiger partial charge in [-0.15, -0.1) is 0 Å². The molecule has 1 unspecified atom stereocenters. The number of nitrogens with two attached hydrogens (primary N) is 1. The van der Waals surface area contributed by atoms with Gasteiger partial charge in [0.05, 0.1) is 5.56 Å². The molecule has 92 valence electrons. The second kappa shape index (κ2) is 5.63. The third-order valence-electron chi connectivity index (χ3n) is 3.03. The molecule has 1 amide bonds. The van der Waals surface area contributed by atoms with Crippen molar-refractivity contribution in [2.75, 3.05) is 25.0 Å². The Labute approximate surface area is 101 Å². The highest BCUT2D eigenvalue weighted by atomic mass is 16.1. The summed E-state index contributed by atoms with van der Waals surface area (Å²) < 4.78 is 0. The number of carbonyl (C=O) groups is 1. The van der Waals surface area contributed by atoms with Crippen LogP contribution in [0.3, 0.4) is 0 Å². The van der Waals surface area contributed by atoms with Crippen molar-refractivity contribution < 1.29 is 4.79 Å². The van der Waals surface area contributed by atoms with Gasteiger partial charge in [-0.1, -0.05) is 0 Å². The lowest BCUT2D eigenvalue weighted by atomic mass is 10.00. The third-order valence-corrected chi connectivity index (χ3v) is 3.03. The molecular weight excluding hydrogens is 216 g/mol. The van der Waals surface area contributed by atoms with Crippen LogP contribution in [0.1, 0.15) is 23.2 Å². The predicted octanol–water partition coefficient (Wildman–Crippen LogP) is 0.592. The molecule has 1 aromatic rings. The zero-order valence-corrected chi connectivity index (χ0v) is 9.78. The van der Waals surface area contributed by atoms with Crippen LogP contribution in [0.4, 0.5) is 5.82 Å². The van der Waals surface area contributed by atoms with Crippen molar-refractivity contribution in [1.29, 1.82) is 0 Å². The van der Waals surface area contributed by atoms with Crippen molar-refractivity contribution >= 4 is 11.7 Å². The Morgan fingerprint density at radius 1 is 1.65 bits per heavy atom. The normalized spacial score (nSPS) is 19.9. The van der Waals surface area contributed by atoms with E-state index < -0.39 is 5.91 Å². The van der Waals surface area contributed by atoms with Gasteiger partial charge in [0.15, 0.2) is 0 Å². The summed E-state index contributed by atoms with van der Waals surface area (Å²) in [5.41, 5.74) is 5.75. The van der Waals surface area contributed by atoms with Crippen LogP contribution in [0, 0.1) is 5.92 Å². The predicted molar refractivity (Wildman–Crippen MR) is 66.8 cm³/mol. The number of nitrogens with one attached hydrogen (secondary N) is 2. The molecule has 0 aromatic carbocycles. The molecule has 1 saturated heterocycles. The summed E-state index contributed by atoms with van der Waals surface area (Å²) in [5.74, 6) is 0.736. The molecule has 0 radical (unpaired) electrons. The molecule has 2 heterocycles. The molecule has 0 aliphatic carbocycles. The summed E-state index contributed by atoms with van der Waals surface area (Å²) in [6, 6.07) is 3.41. The van der Waals surface area contributed by atoms with Crippen LogP contribution < -0.4 is 16.4 Å². The Morgan fingerprint density at radius 2 is 2.53 bits per heavy atom. The van der Waals surface area contributed by atoms with Gasteiger partial charge in [0.1, 0.15) is 5.82 Å². The Bertz CT molecular complexity index is 388. The molecule has 1 atom stereocenters. The minimum Gasteiger partial charge on any atom is -0.369 e. The molecule has 17 heavy (non-hydrogen) atoms. The van der Waals surface area contributed by atoms with Gasteiger partial charge in [-0.25, -0.2) is 4.98 Å². The maximum Gasteiger partial charge on any atom is 0.252 e. The number of rotatable bonds is 4. The number of primary amides is 1. The Hall–Kier alpha value is -1.62. The van der Waals surface area contributed by atoms with Crippen LogP contribution in [0.15, 0.2) is 18.3 Å². The lowest BCUT2D eigenvalue weighted by Gasteiger charge is -2.23. The molecule has 2 rings (SSSR count). The topological polar surface area (TPSA) is 80.0 Å². The van der Waals surface area contributed by atoms with Crippen LogP contribution in [0.5, 0.6) is 0 Å². The fraction of sp³-hybridized carbons (Fsp3) is 0.500. The van der Waals surface area contributed by atoms with E-state index in [9.17, 15) is 4.79 Å². The Morgan fingerprint density at radius 3 is 3.24 bits per heavy atom. The fourth-order valence-corrected chi connectivity index (χ4v) is 2.08. The molecule has 0 bridgehead atoms. The monoisotopic (exact) mass is 234 g/mol. The fourth-order valence-electron chi connectivity index (χ4n) is 2.08. The summed E-state index contributed by atoms with van der Waals surface area (Å²) in [5, 5.41) is 6.57. The molecule has 5 heteroatoms. The van der Waals surface area contributed by atoms with Crippen LogP contribution in [0.25, 0.3) is 0 Å². The van der Waals surface area contributed by atoms with E-state index in [1.807, 2.05) is 0 Å².